The fraction of sp³-hybridized carbons (Fsp3) is 0.600. The van der Waals surface area contributed by atoms with Crippen molar-refractivity contribution in [3.63, 3.8) is 0 Å². The number of hydroxylamine groups is 1. The molecular formula is C5H9NO6. The van der Waals surface area contributed by atoms with Gasteiger partial charge in [-0.3, -0.25) is 9.59 Å². The van der Waals surface area contributed by atoms with E-state index in [1.165, 1.54) is 5.48 Å². The van der Waals surface area contributed by atoms with Gasteiger partial charge < -0.3 is 20.5 Å². The molecular weight excluding hydrogens is 170 g/mol. The van der Waals surface area contributed by atoms with Crippen molar-refractivity contribution in [2.24, 2.45) is 0 Å². The Morgan fingerprint density at radius 3 is 2.08 bits per heavy atom. The summed E-state index contributed by atoms with van der Waals surface area (Å²) in [6.45, 7) is 0. The van der Waals surface area contributed by atoms with Gasteiger partial charge in [-0.1, -0.05) is 0 Å². The van der Waals surface area contributed by atoms with E-state index in [9.17, 15) is 9.59 Å². The van der Waals surface area contributed by atoms with Crippen molar-refractivity contribution < 1.29 is 30.1 Å². The number of nitrogens with one attached hydrogen (secondary N) is 1. The van der Waals surface area contributed by atoms with Crippen LogP contribution in [0.5, 0.6) is 0 Å². The molecule has 0 aromatic carbocycles. The standard InChI is InChI=1S/C5H9NO6/c7-2(1-3(8)9)4(6-12)5(10)11/h2,4,6-7,12H,1H2,(H,8,9)(H,10,11)/t2?,4-/m0/s1. The molecule has 12 heavy (non-hydrogen) atoms. The summed E-state index contributed by atoms with van der Waals surface area (Å²) in [6, 6.07) is -1.68. The molecule has 5 N–H and O–H groups in total. The van der Waals surface area contributed by atoms with Gasteiger partial charge in [-0.2, -0.15) is 5.48 Å². The Kier molecular flexibility index (Phi) is 4.19. The molecule has 0 aliphatic carbocycles. The second-order valence-corrected chi connectivity index (χ2v) is 2.11. The molecule has 0 aromatic rings. The lowest BCUT2D eigenvalue weighted by molar-refractivity contribution is -0.149. The van der Waals surface area contributed by atoms with Gasteiger partial charge in [0.1, 0.15) is 0 Å². The van der Waals surface area contributed by atoms with Crippen LogP contribution in [-0.4, -0.2) is 44.6 Å². The van der Waals surface area contributed by atoms with Crippen LogP contribution >= 0.6 is 0 Å². The third-order valence-electron chi connectivity index (χ3n) is 1.17. The number of hydrogen-bond donors (Lipinski definition) is 5. The average molecular weight is 179 g/mol. The summed E-state index contributed by atoms with van der Waals surface area (Å²) in [6.07, 6.45) is -2.41. The first kappa shape index (κ1) is 10.8. The Labute approximate surface area is 67.2 Å². The minimum absolute atomic E-state index is 0.746. The van der Waals surface area contributed by atoms with E-state index in [0.29, 0.717) is 0 Å². The summed E-state index contributed by atoms with van der Waals surface area (Å²) in [7, 11) is 0. The van der Waals surface area contributed by atoms with Crippen molar-refractivity contribution in [3.8, 4) is 0 Å². The first-order valence-corrected chi connectivity index (χ1v) is 3.01. The molecule has 7 nitrogen and oxygen atoms in total. The zero-order valence-corrected chi connectivity index (χ0v) is 5.97. The van der Waals surface area contributed by atoms with E-state index in [4.69, 9.17) is 20.5 Å². The van der Waals surface area contributed by atoms with Gasteiger partial charge in [-0.15, -0.1) is 0 Å². The van der Waals surface area contributed by atoms with E-state index in [1.54, 1.807) is 0 Å². The molecule has 0 fully saturated rings. The second kappa shape index (κ2) is 4.65. The van der Waals surface area contributed by atoms with Gasteiger partial charge in [0.25, 0.3) is 0 Å². The summed E-state index contributed by atoms with van der Waals surface area (Å²) in [5.41, 5.74) is 1.29. The molecule has 2 atom stereocenters. The molecule has 0 amide bonds. The Balaban J connectivity index is 4.11. The van der Waals surface area contributed by atoms with Gasteiger partial charge in [0, 0.05) is 0 Å². The lowest BCUT2D eigenvalue weighted by Crippen LogP contribution is -2.45. The van der Waals surface area contributed by atoms with Crippen LogP contribution in [0.4, 0.5) is 0 Å². The van der Waals surface area contributed by atoms with Gasteiger partial charge in [0.2, 0.25) is 0 Å². The van der Waals surface area contributed by atoms with Crippen LogP contribution in [0.3, 0.4) is 0 Å². The minimum Gasteiger partial charge on any atom is -0.481 e. The highest BCUT2D eigenvalue weighted by Crippen LogP contribution is 1.98. The maximum absolute atomic E-state index is 10.2. The van der Waals surface area contributed by atoms with Crippen LogP contribution in [0.15, 0.2) is 0 Å². The van der Waals surface area contributed by atoms with E-state index in [0.717, 1.165) is 0 Å². The smallest absolute Gasteiger partial charge is 0.325 e. The highest BCUT2D eigenvalue weighted by molar-refractivity contribution is 5.76. The van der Waals surface area contributed by atoms with Gasteiger partial charge in [-0.25, -0.2) is 0 Å². The highest BCUT2D eigenvalue weighted by Gasteiger charge is 2.27. The summed E-state index contributed by atoms with van der Waals surface area (Å²) in [4.78, 5) is 20.2. The molecule has 0 spiro atoms. The number of carboxylic acid groups (broad SMARTS) is 2. The highest BCUT2D eigenvalue weighted by atomic mass is 16.5. The summed E-state index contributed by atoms with van der Waals surface area (Å²) in [5.74, 6) is -2.87. The molecule has 0 saturated heterocycles. The van der Waals surface area contributed by atoms with E-state index in [-0.39, 0.29) is 0 Å². The molecule has 70 valence electrons. The predicted molar refractivity (Wildman–Crippen MR) is 34.6 cm³/mol. The largest absolute Gasteiger partial charge is 0.481 e. The van der Waals surface area contributed by atoms with Crippen molar-refractivity contribution in [2.45, 2.75) is 18.6 Å². The third kappa shape index (κ3) is 3.28. The van der Waals surface area contributed by atoms with Crippen LogP contribution in [-0.2, 0) is 9.59 Å². The molecule has 0 aromatic heterocycles. The van der Waals surface area contributed by atoms with Crippen molar-refractivity contribution in [1.29, 1.82) is 0 Å². The Bertz CT molecular complexity index is 181. The van der Waals surface area contributed by atoms with Crippen LogP contribution < -0.4 is 5.48 Å². The van der Waals surface area contributed by atoms with Crippen LogP contribution in [0.2, 0.25) is 0 Å². The minimum atomic E-state index is -1.68. The molecule has 0 heterocycles. The summed E-state index contributed by atoms with van der Waals surface area (Å²) < 4.78 is 0. The quantitative estimate of drug-likeness (QED) is 0.317. The first-order valence-electron chi connectivity index (χ1n) is 3.01. The molecule has 1 unspecified atom stereocenters. The third-order valence-corrected chi connectivity index (χ3v) is 1.17. The van der Waals surface area contributed by atoms with E-state index in [2.05, 4.69) is 0 Å². The topological polar surface area (TPSA) is 127 Å². The lowest BCUT2D eigenvalue weighted by atomic mass is 10.1. The summed E-state index contributed by atoms with van der Waals surface area (Å²) in [5, 5.41) is 33.5. The van der Waals surface area contributed by atoms with Crippen LogP contribution in [0, 0.1) is 0 Å². The number of hydrogen-bond acceptors (Lipinski definition) is 5. The number of rotatable bonds is 5. The number of carbonyl (C=O) groups is 2. The Hall–Kier alpha value is -1.18. The first-order chi connectivity index (χ1) is 5.49. The molecule has 0 aliphatic rings. The number of aliphatic hydroxyl groups is 1. The Morgan fingerprint density at radius 1 is 1.33 bits per heavy atom. The molecule has 7 heteroatoms. The van der Waals surface area contributed by atoms with Crippen molar-refractivity contribution >= 4 is 11.9 Å². The fourth-order valence-electron chi connectivity index (χ4n) is 0.603. The maximum atomic E-state index is 10.2. The second-order valence-electron chi connectivity index (χ2n) is 2.11. The molecule has 0 rings (SSSR count). The number of carboxylic acids is 2. The molecule has 0 aliphatic heterocycles. The number of aliphatic carboxylic acids is 2. The van der Waals surface area contributed by atoms with E-state index in [1.807, 2.05) is 0 Å². The van der Waals surface area contributed by atoms with E-state index >= 15 is 0 Å². The van der Waals surface area contributed by atoms with Crippen molar-refractivity contribution in [3.05, 3.63) is 0 Å². The van der Waals surface area contributed by atoms with Gasteiger partial charge >= 0.3 is 11.9 Å². The monoisotopic (exact) mass is 179 g/mol. The lowest BCUT2D eigenvalue weighted by Gasteiger charge is -2.14. The van der Waals surface area contributed by atoms with Crippen molar-refractivity contribution in [1.82, 2.24) is 5.48 Å². The van der Waals surface area contributed by atoms with Crippen LogP contribution in [0.1, 0.15) is 6.42 Å². The van der Waals surface area contributed by atoms with Gasteiger partial charge in [0.05, 0.1) is 12.5 Å². The fourth-order valence-corrected chi connectivity index (χ4v) is 0.603. The van der Waals surface area contributed by atoms with Gasteiger partial charge in [0.15, 0.2) is 6.04 Å². The molecule has 0 saturated carbocycles. The molecule has 0 bridgehead atoms. The zero-order valence-electron chi connectivity index (χ0n) is 5.97. The van der Waals surface area contributed by atoms with E-state index < -0.39 is 30.5 Å². The van der Waals surface area contributed by atoms with Gasteiger partial charge in [-0.05, 0) is 0 Å². The maximum Gasteiger partial charge on any atom is 0.325 e. The predicted octanol–water partition coefficient (Wildman–Crippen LogP) is -1.75. The summed E-state index contributed by atoms with van der Waals surface area (Å²) >= 11 is 0. The average Bonchev–Trinajstić information content (AvgIpc) is 1.85. The normalized spacial score (nSPS) is 15.2. The van der Waals surface area contributed by atoms with Crippen LogP contribution in [0.25, 0.3) is 0 Å². The zero-order chi connectivity index (χ0) is 9.72. The Morgan fingerprint density at radius 2 is 1.83 bits per heavy atom. The SMILES string of the molecule is O=C(O)CC(O)[C@H](NO)C(=O)O. The molecule has 0 radical (unpaired) electrons. The van der Waals surface area contributed by atoms with Crippen molar-refractivity contribution in [2.75, 3.05) is 0 Å². The number of aliphatic hydroxyl groups excluding tert-OH is 1.